The average molecular weight is 368 g/mol. The van der Waals surface area contributed by atoms with E-state index in [1.807, 2.05) is 0 Å². The van der Waals surface area contributed by atoms with Crippen molar-refractivity contribution in [3.05, 3.63) is 30.6 Å². The van der Waals surface area contributed by atoms with Crippen LogP contribution in [0.3, 0.4) is 0 Å². The molecule has 1 aromatic rings. The van der Waals surface area contributed by atoms with Gasteiger partial charge in [-0.3, -0.25) is 14.3 Å². The minimum atomic E-state index is -1.02. The molecule has 0 aromatic carbocycles. The van der Waals surface area contributed by atoms with E-state index in [2.05, 4.69) is 4.98 Å². The topological polar surface area (TPSA) is 116 Å². The summed E-state index contributed by atoms with van der Waals surface area (Å²) in [6.45, 7) is -0.353. The summed E-state index contributed by atoms with van der Waals surface area (Å²) in [5, 5.41) is 28.8. The third kappa shape index (κ3) is 2.25. The normalized spacial score (nSPS) is 31.8. The summed E-state index contributed by atoms with van der Waals surface area (Å²) in [6, 6.07) is -0.644. The molecule has 8 heteroatoms. The molecule has 0 aliphatic heterocycles. The first kappa shape index (κ1) is 13.7. The van der Waals surface area contributed by atoms with Gasteiger partial charge < -0.3 is 15.3 Å². The van der Waals surface area contributed by atoms with Gasteiger partial charge in [0.25, 0.3) is 5.56 Å². The van der Waals surface area contributed by atoms with Crippen LogP contribution in [-0.4, -0.2) is 43.7 Å². The van der Waals surface area contributed by atoms with Crippen molar-refractivity contribution in [2.75, 3.05) is 6.61 Å². The van der Waals surface area contributed by atoms with Gasteiger partial charge in [0.2, 0.25) is 0 Å². The van der Waals surface area contributed by atoms with E-state index >= 15 is 0 Å². The molecule has 0 unspecified atom stereocenters. The minimum Gasteiger partial charge on any atom is -0.396 e. The Labute approximate surface area is 115 Å². The van der Waals surface area contributed by atoms with E-state index in [9.17, 15) is 19.8 Å². The molecule has 1 aliphatic carbocycles. The highest BCUT2D eigenvalue weighted by Gasteiger charge is 2.42. The van der Waals surface area contributed by atoms with Gasteiger partial charge in [0, 0.05) is 12.1 Å². The summed E-state index contributed by atoms with van der Waals surface area (Å²) < 4.78 is 1.52. The van der Waals surface area contributed by atoms with Crippen molar-refractivity contribution in [2.45, 2.75) is 24.7 Å². The monoisotopic (exact) mass is 368 g/mol. The Kier molecular flexibility index (Phi) is 3.90. The predicted octanol–water partition coefficient (Wildman–Crippen LogP) is -1.58. The van der Waals surface area contributed by atoms with E-state index in [0.717, 1.165) is 0 Å². The minimum absolute atomic E-state index is 0.161. The van der Waals surface area contributed by atoms with E-state index in [-0.39, 0.29) is 13.0 Å². The van der Waals surface area contributed by atoms with Gasteiger partial charge in [0.05, 0.1) is 28.4 Å². The maximum Gasteiger partial charge on any atom is 0.328 e. The Balaban J connectivity index is 2.42. The van der Waals surface area contributed by atoms with Gasteiger partial charge in [-0.2, -0.15) is 0 Å². The Bertz CT molecular complexity index is 554. The molecule has 1 saturated carbocycles. The Morgan fingerprint density at radius 3 is 2.67 bits per heavy atom. The van der Waals surface area contributed by atoms with Gasteiger partial charge in [0.1, 0.15) is 0 Å². The Morgan fingerprint density at radius 1 is 1.44 bits per heavy atom. The van der Waals surface area contributed by atoms with Crippen molar-refractivity contribution in [1.29, 1.82) is 0 Å². The van der Waals surface area contributed by atoms with E-state index in [0.29, 0.717) is 3.57 Å². The van der Waals surface area contributed by atoms with Gasteiger partial charge in [0.15, 0.2) is 0 Å². The second kappa shape index (κ2) is 5.11. The number of nitrogens with one attached hydrogen (secondary N) is 1. The van der Waals surface area contributed by atoms with E-state index in [1.54, 1.807) is 22.6 Å². The summed E-state index contributed by atoms with van der Waals surface area (Å²) in [5.74, 6) is -0.675. The quantitative estimate of drug-likeness (QED) is 0.470. The summed E-state index contributed by atoms with van der Waals surface area (Å²) >= 11 is 1.78. The highest BCUT2D eigenvalue weighted by atomic mass is 127. The number of halogens is 1. The number of aromatic amines is 1. The fourth-order valence-corrected chi connectivity index (χ4v) is 2.72. The van der Waals surface area contributed by atoms with Crippen LogP contribution in [0.2, 0.25) is 0 Å². The fourth-order valence-electron chi connectivity index (χ4n) is 2.29. The Hall–Kier alpha value is -0.710. The Morgan fingerprint density at radius 2 is 2.11 bits per heavy atom. The second-order valence-corrected chi connectivity index (χ2v) is 5.51. The second-order valence-electron chi connectivity index (χ2n) is 4.35. The molecule has 4 atom stereocenters. The van der Waals surface area contributed by atoms with Gasteiger partial charge in [-0.15, -0.1) is 0 Å². The fraction of sp³-hybridized carbons (Fsp3) is 0.600. The predicted molar refractivity (Wildman–Crippen MR) is 70.3 cm³/mol. The lowest BCUT2D eigenvalue weighted by molar-refractivity contribution is 0.0206. The van der Waals surface area contributed by atoms with Crippen molar-refractivity contribution in [2.24, 2.45) is 5.92 Å². The van der Waals surface area contributed by atoms with Crippen LogP contribution in [0, 0.1) is 9.49 Å². The number of aromatic nitrogens is 2. The van der Waals surface area contributed by atoms with Crippen LogP contribution >= 0.6 is 22.6 Å². The number of H-pyrrole nitrogens is 1. The molecule has 1 fully saturated rings. The maximum atomic E-state index is 11.7. The highest BCUT2D eigenvalue weighted by Crippen LogP contribution is 2.34. The molecule has 0 amide bonds. The van der Waals surface area contributed by atoms with Crippen LogP contribution in [0.4, 0.5) is 0 Å². The standard InChI is InChI=1S/C10H13IN2O5/c11-5-2-13(10(18)12-9(5)17)6-1-7(15)4(3-14)8(6)16/h2,4,6-8,14-16H,1,3H2,(H,12,17,18)/t4-,6+,7+,8-/m0/s1. The molecule has 0 radical (unpaired) electrons. The summed E-state index contributed by atoms with van der Waals surface area (Å²) in [6.07, 6.45) is -0.382. The number of aliphatic hydroxyl groups excluding tert-OH is 3. The smallest absolute Gasteiger partial charge is 0.328 e. The summed E-state index contributed by atoms with van der Waals surface area (Å²) in [5.41, 5.74) is -1.11. The first-order chi connectivity index (χ1) is 8.45. The summed E-state index contributed by atoms with van der Waals surface area (Å²) in [4.78, 5) is 25.1. The van der Waals surface area contributed by atoms with Crippen LogP contribution in [0.25, 0.3) is 0 Å². The molecule has 0 spiro atoms. The van der Waals surface area contributed by atoms with Gasteiger partial charge >= 0.3 is 5.69 Å². The van der Waals surface area contributed by atoms with Crippen molar-refractivity contribution < 1.29 is 15.3 Å². The number of hydrogen-bond acceptors (Lipinski definition) is 5. The number of aliphatic hydroxyl groups is 3. The molecule has 4 N–H and O–H groups in total. The number of nitrogens with zero attached hydrogens (tertiary/aromatic N) is 1. The molecule has 100 valence electrons. The molecule has 2 rings (SSSR count). The van der Waals surface area contributed by atoms with Crippen molar-refractivity contribution in [1.82, 2.24) is 9.55 Å². The average Bonchev–Trinajstić information content (AvgIpc) is 2.59. The largest absolute Gasteiger partial charge is 0.396 e. The maximum absolute atomic E-state index is 11.7. The molecule has 1 heterocycles. The SMILES string of the molecule is O=c1[nH]c(=O)n([C@@H]2C[C@@H](O)[C@H](CO)[C@@H]2O)cc1I. The van der Waals surface area contributed by atoms with Crippen LogP contribution in [-0.2, 0) is 0 Å². The lowest BCUT2D eigenvalue weighted by Gasteiger charge is -2.20. The van der Waals surface area contributed by atoms with Crippen LogP contribution in [0.15, 0.2) is 15.8 Å². The van der Waals surface area contributed by atoms with Crippen LogP contribution in [0.5, 0.6) is 0 Å². The van der Waals surface area contributed by atoms with Crippen molar-refractivity contribution in [3.8, 4) is 0 Å². The van der Waals surface area contributed by atoms with E-state index in [4.69, 9.17) is 5.11 Å². The zero-order chi connectivity index (χ0) is 13.4. The first-order valence-electron chi connectivity index (χ1n) is 5.43. The van der Waals surface area contributed by atoms with Crippen molar-refractivity contribution >= 4 is 22.6 Å². The van der Waals surface area contributed by atoms with Crippen LogP contribution < -0.4 is 11.2 Å². The molecule has 1 aliphatic rings. The molecule has 0 bridgehead atoms. The molecule has 7 nitrogen and oxygen atoms in total. The zero-order valence-electron chi connectivity index (χ0n) is 9.28. The van der Waals surface area contributed by atoms with E-state index in [1.165, 1.54) is 10.8 Å². The molecular formula is C10H13IN2O5. The zero-order valence-corrected chi connectivity index (χ0v) is 11.4. The van der Waals surface area contributed by atoms with E-state index < -0.39 is 35.4 Å². The van der Waals surface area contributed by atoms with Gasteiger partial charge in [-0.05, 0) is 29.0 Å². The molecule has 1 aromatic heterocycles. The molecular weight excluding hydrogens is 355 g/mol. The lowest BCUT2D eigenvalue weighted by atomic mass is 10.0. The lowest BCUT2D eigenvalue weighted by Crippen LogP contribution is -2.37. The van der Waals surface area contributed by atoms with Crippen molar-refractivity contribution in [3.63, 3.8) is 0 Å². The molecule has 18 heavy (non-hydrogen) atoms. The van der Waals surface area contributed by atoms with Gasteiger partial charge in [-0.25, -0.2) is 4.79 Å². The molecule has 0 saturated heterocycles. The van der Waals surface area contributed by atoms with Crippen LogP contribution in [0.1, 0.15) is 12.5 Å². The van der Waals surface area contributed by atoms with Gasteiger partial charge in [-0.1, -0.05) is 0 Å². The highest BCUT2D eigenvalue weighted by molar-refractivity contribution is 14.1. The summed E-state index contributed by atoms with van der Waals surface area (Å²) in [7, 11) is 0. The number of hydrogen-bond donors (Lipinski definition) is 4. The first-order valence-corrected chi connectivity index (χ1v) is 6.51. The third-order valence-corrected chi connectivity index (χ3v) is 4.07. The number of rotatable bonds is 2. The third-order valence-electron chi connectivity index (χ3n) is 3.30.